The zero-order valence-corrected chi connectivity index (χ0v) is 12.6. The highest BCUT2D eigenvalue weighted by Gasteiger charge is 2.15. The Kier molecular flexibility index (Phi) is 5.78. The molecule has 8 heteroatoms. The highest BCUT2D eigenvalue weighted by molar-refractivity contribution is 5.74. The van der Waals surface area contributed by atoms with Gasteiger partial charge in [0.2, 0.25) is 0 Å². The van der Waals surface area contributed by atoms with Crippen molar-refractivity contribution in [1.82, 2.24) is 9.97 Å². The van der Waals surface area contributed by atoms with Crippen LogP contribution in [0.25, 0.3) is 0 Å². The standard InChI is InChI=1S/C15H17N7O/c16-5-2-7-22(8-3-6-17)15-13(18)14(20-11-21-15)19-10-12-4-1-9-23-12/h1,4,9,11H,2-3,7-8,10,18H2,(H,19,20,21). The molecule has 2 aromatic rings. The Labute approximate surface area is 134 Å². The molecule has 118 valence electrons. The zero-order chi connectivity index (χ0) is 16.5. The van der Waals surface area contributed by atoms with Gasteiger partial charge in [-0.2, -0.15) is 10.5 Å². The summed E-state index contributed by atoms with van der Waals surface area (Å²) in [6, 6.07) is 7.82. The fourth-order valence-electron chi connectivity index (χ4n) is 2.06. The molecule has 0 saturated heterocycles. The second kappa shape index (κ2) is 8.25. The van der Waals surface area contributed by atoms with Crippen LogP contribution in [0.4, 0.5) is 17.3 Å². The zero-order valence-electron chi connectivity index (χ0n) is 12.6. The summed E-state index contributed by atoms with van der Waals surface area (Å²) in [6.45, 7) is 1.36. The molecule has 0 aliphatic rings. The molecular formula is C15H17N7O. The van der Waals surface area contributed by atoms with Gasteiger partial charge in [-0.1, -0.05) is 0 Å². The number of furan rings is 1. The number of nitriles is 2. The van der Waals surface area contributed by atoms with E-state index in [0.717, 1.165) is 5.76 Å². The number of nitrogens with two attached hydrogens (primary N) is 1. The van der Waals surface area contributed by atoms with Gasteiger partial charge in [0.15, 0.2) is 11.6 Å². The number of hydrogen-bond acceptors (Lipinski definition) is 8. The number of nitrogens with one attached hydrogen (secondary N) is 1. The molecule has 0 atom stereocenters. The summed E-state index contributed by atoms with van der Waals surface area (Å²) in [4.78, 5) is 10.2. The number of aromatic nitrogens is 2. The first-order valence-corrected chi connectivity index (χ1v) is 7.11. The third-order valence-electron chi connectivity index (χ3n) is 3.16. The third kappa shape index (κ3) is 4.35. The minimum atomic E-state index is 0.323. The highest BCUT2D eigenvalue weighted by Crippen LogP contribution is 2.26. The topological polar surface area (TPSA) is 128 Å². The Morgan fingerprint density at radius 3 is 2.57 bits per heavy atom. The second-order valence-electron chi connectivity index (χ2n) is 4.70. The van der Waals surface area contributed by atoms with E-state index >= 15 is 0 Å². The Morgan fingerprint density at radius 2 is 1.96 bits per heavy atom. The van der Waals surface area contributed by atoms with E-state index in [9.17, 15) is 0 Å². The Morgan fingerprint density at radius 1 is 1.22 bits per heavy atom. The number of rotatable bonds is 8. The average molecular weight is 311 g/mol. The first-order valence-electron chi connectivity index (χ1n) is 7.11. The minimum absolute atomic E-state index is 0.323. The van der Waals surface area contributed by atoms with E-state index < -0.39 is 0 Å². The Balaban J connectivity index is 2.15. The van der Waals surface area contributed by atoms with Crippen molar-refractivity contribution >= 4 is 17.3 Å². The van der Waals surface area contributed by atoms with Crippen LogP contribution in [0.3, 0.4) is 0 Å². The third-order valence-corrected chi connectivity index (χ3v) is 3.16. The van der Waals surface area contributed by atoms with Crippen molar-refractivity contribution in [2.24, 2.45) is 0 Å². The number of nitrogen functional groups attached to an aromatic ring is 1. The molecule has 0 bridgehead atoms. The van der Waals surface area contributed by atoms with Crippen molar-refractivity contribution in [3.63, 3.8) is 0 Å². The van der Waals surface area contributed by atoms with E-state index in [2.05, 4.69) is 27.4 Å². The molecule has 0 aliphatic carbocycles. The van der Waals surface area contributed by atoms with Crippen LogP contribution in [0.2, 0.25) is 0 Å². The van der Waals surface area contributed by atoms with Gasteiger partial charge in [-0.25, -0.2) is 9.97 Å². The summed E-state index contributed by atoms with van der Waals surface area (Å²) >= 11 is 0. The van der Waals surface area contributed by atoms with Gasteiger partial charge in [0.25, 0.3) is 0 Å². The molecule has 0 aliphatic heterocycles. The Bertz CT molecular complexity index is 682. The van der Waals surface area contributed by atoms with Crippen molar-refractivity contribution in [2.75, 3.05) is 29.0 Å². The smallest absolute Gasteiger partial charge is 0.157 e. The van der Waals surface area contributed by atoms with Crippen LogP contribution in [0.5, 0.6) is 0 Å². The highest BCUT2D eigenvalue weighted by atomic mass is 16.3. The van der Waals surface area contributed by atoms with Crippen LogP contribution in [-0.4, -0.2) is 23.1 Å². The summed E-state index contributed by atoms with van der Waals surface area (Å²) in [7, 11) is 0. The lowest BCUT2D eigenvalue weighted by Crippen LogP contribution is -2.27. The average Bonchev–Trinajstić information content (AvgIpc) is 3.08. The van der Waals surface area contributed by atoms with Gasteiger partial charge < -0.3 is 20.4 Å². The van der Waals surface area contributed by atoms with E-state index in [1.165, 1.54) is 6.33 Å². The first-order chi connectivity index (χ1) is 11.3. The minimum Gasteiger partial charge on any atom is -0.467 e. The van der Waals surface area contributed by atoms with Gasteiger partial charge in [-0.3, -0.25) is 0 Å². The van der Waals surface area contributed by atoms with Crippen LogP contribution in [0.15, 0.2) is 29.1 Å². The SMILES string of the molecule is N#CCCN(CCC#N)c1ncnc(NCc2ccco2)c1N. The molecule has 0 unspecified atom stereocenters. The maximum absolute atomic E-state index is 8.77. The van der Waals surface area contributed by atoms with E-state index in [1.807, 2.05) is 11.0 Å². The van der Waals surface area contributed by atoms with Gasteiger partial charge in [0.1, 0.15) is 17.8 Å². The summed E-state index contributed by atoms with van der Waals surface area (Å²) in [5.74, 6) is 1.77. The molecule has 0 aromatic carbocycles. The predicted molar refractivity (Wildman–Crippen MR) is 85.2 cm³/mol. The van der Waals surface area contributed by atoms with Crippen LogP contribution < -0.4 is 16.0 Å². The molecule has 0 fully saturated rings. The lowest BCUT2D eigenvalue weighted by molar-refractivity contribution is 0.518. The number of anilines is 3. The molecule has 3 N–H and O–H groups in total. The second-order valence-corrected chi connectivity index (χ2v) is 4.70. The van der Waals surface area contributed by atoms with Gasteiger partial charge in [0.05, 0.1) is 37.8 Å². The largest absolute Gasteiger partial charge is 0.467 e. The maximum Gasteiger partial charge on any atom is 0.157 e. The van der Waals surface area contributed by atoms with Gasteiger partial charge >= 0.3 is 0 Å². The normalized spacial score (nSPS) is 9.83. The fourth-order valence-corrected chi connectivity index (χ4v) is 2.06. The van der Waals surface area contributed by atoms with Crippen molar-refractivity contribution in [1.29, 1.82) is 10.5 Å². The summed E-state index contributed by atoms with van der Waals surface area (Å²) in [5, 5.41) is 20.6. The van der Waals surface area contributed by atoms with Crippen molar-refractivity contribution in [2.45, 2.75) is 19.4 Å². The monoisotopic (exact) mass is 311 g/mol. The van der Waals surface area contributed by atoms with Gasteiger partial charge in [-0.15, -0.1) is 0 Å². The van der Waals surface area contributed by atoms with E-state index in [0.29, 0.717) is 49.8 Å². The van der Waals surface area contributed by atoms with Crippen LogP contribution >= 0.6 is 0 Å². The van der Waals surface area contributed by atoms with Crippen LogP contribution in [0.1, 0.15) is 18.6 Å². The Hall–Kier alpha value is -3.26. The molecule has 0 spiro atoms. The molecule has 2 aromatic heterocycles. The molecular weight excluding hydrogens is 294 g/mol. The molecule has 2 rings (SSSR count). The quantitative estimate of drug-likeness (QED) is 0.756. The number of hydrogen-bond donors (Lipinski definition) is 2. The van der Waals surface area contributed by atoms with Crippen LogP contribution in [-0.2, 0) is 6.54 Å². The van der Waals surface area contributed by atoms with Crippen molar-refractivity contribution in [3.8, 4) is 12.1 Å². The van der Waals surface area contributed by atoms with E-state index in [1.54, 1.807) is 12.3 Å². The van der Waals surface area contributed by atoms with Gasteiger partial charge in [0, 0.05) is 13.1 Å². The molecule has 0 amide bonds. The van der Waals surface area contributed by atoms with E-state index in [-0.39, 0.29) is 0 Å². The van der Waals surface area contributed by atoms with Crippen LogP contribution in [0, 0.1) is 22.7 Å². The molecule has 23 heavy (non-hydrogen) atoms. The summed E-state index contributed by atoms with van der Waals surface area (Å²) < 4.78 is 5.25. The first kappa shape index (κ1) is 16.1. The summed E-state index contributed by atoms with van der Waals surface area (Å²) in [6.07, 6.45) is 3.65. The van der Waals surface area contributed by atoms with Crippen molar-refractivity contribution in [3.05, 3.63) is 30.5 Å². The maximum atomic E-state index is 8.77. The summed E-state index contributed by atoms with van der Waals surface area (Å²) in [5.41, 5.74) is 6.53. The molecule has 8 nitrogen and oxygen atoms in total. The predicted octanol–water partition coefficient (Wildman–Crippen LogP) is 1.90. The van der Waals surface area contributed by atoms with Gasteiger partial charge in [-0.05, 0) is 12.1 Å². The fraction of sp³-hybridized carbons (Fsp3) is 0.333. The molecule has 0 radical (unpaired) electrons. The molecule has 2 heterocycles. The molecule has 0 saturated carbocycles. The number of nitrogens with zero attached hydrogens (tertiary/aromatic N) is 5. The van der Waals surface area contributed by atoms with E-state index in [4.69, 9.17) is 20.7 Å². The lowest BCUT2D eigenvalue weighted by Gasteiger charge is -2.23. The lowest BCUT2D eigenvalue weighted by atomic mass is 10.3. The van der Waals surface area contributed by atoms with Crippen molar-refractivity contribution < 1.29 is 4.42 Å².